The molecule has 0 bridgehead atoms. The minimum atomic E-state index is -4.26. The standard InChI is InChI=1S/C15H11BrN2O5S/c1-8-2-4-9(5-3-8)24(22,23)18-12(15(20)21)6-10-11(16)7-17-14(19)13(10)18/h2-7H,1H3,(H,17,19)(H,20,21). The number of hydrogen-bond acceptors (Lipinski definition) is 4. The number of benzene rings is 1. The number of hydrogen-bond donors (Lipinski definition) is 2. The van der Waals surface area contributed by atoms with Gasteiger partial charge < -0.3 is 10.1 Å². The highest BCUT2D eigenvalue weighted by Gasteiger charge is 2.28. The van der Waals surface area contributed by atoms with Crippen LogP contribution in [0.5, 0.6) is 0 Å². The topological polar surface area (TPSA) is 109 Å². The molecule has 7 nitrogen and oxygen atoms in total. The van der Waals surface area contributed by atoms with E-state index < -0.39 is 27.2 Å². The number of aryl methyl sites for hydroxylation is 1. The molecule has 2 heterocycles. The van der Waals surface area contributed by atoms with Gasteiger partial charge in [-0.05, 0) is 41.1 Å². The maximum Gasteiger partial charge on any atom is 0.353 e. The van der Waals surface area contributed by atoms with Crippen molar-refractivity contribution >= 4 is 42.8 Å². The first-order chi connectivity index (χ1) is 11.2. The number of nitrogens with zero attached hydrogens (tertiary/aromatic N) is 1. The van der Waals surface area contributed by atoms with E-state index in [1.807, 2.05) is 0 Å². The number of nitrogens with one attached hydrogen (secondary N) is 1. The van der Waals surface area contributed by atoms with Gasteiger partial charge in [0.25, 0.3) is 15.6 Å². The third-order valence-electron chi connectivity index (χ3n) is 3.54. The van der Waals surface area contributed by atoms with E-state index in [-0.39, 0.29) is 15.8 Å². The van der Waals surface area contributed by atoms with Crippen LogP contribution < -0.4 is 5.56 Å². The highest BCUT2D eigenvalue weighted by molar-refractivity contribution is 9.10. The van der Waals surface area contributed by atoms with E-state index >= 15 is 0 Å². The van der Waals surface area contributed by atoms with E-state index in [0.717, 1.165) is 11.6 Å². The fraction of sp³-hybridized carbons (Fsp3) is 0.0667. The van der Waals surface area contributed by atoms with Crippen LogP contribution in [-0.4, -0.2) is 28.5 Å². The van der Waals surface area contributed by atoms with Crippen molar-refractivity contribution in [2.75, 3.05) is 0 Å². The smallest absolute Gasteiger partial charge is 0.353 e. The van der Waals surface area contributed by atoms with Crippen molar-refractivity contribution < 1.29 is 18.3 Å². The van der Waals surface area contributed by atoms with Crippen molar-refractivity contribution in [2.45, 2.75) is 11.8 Å². The molecule has 3 aromatic rings. The lowest BCUT2D eigenvalue weighted by Crippen LogP contribution is -2.22. The van der Waals surface area contributed by atoms with Gasteiger partial charge in [-0.2, -0.15) is 0 Å². The molecule has 0 saturated carbocycles. The van der Waals surface area contributed by atoms with Crippen molar-refractivity contribution in [1.29, 1.82) is 0 Å². The summed E-state index contributed by atoms with van der Waals surface area (Å²) in [7, 11) is -4.26. The first-order valence-corrected chi connectivity index (χ1v) is 8.95. The van der Waals surface area contributed by atoms with Crippen molar-refractivity contribution in [3.05, 3.63) is 62.6 Å². The van der Waals surface area contributed by atoms with Gasteiger partial charge in [0.1, 0.15) is 11.2 Å². The van der Waals surface area contributed by atoms with Crippen molar-refractivity contribution in [1.82, 2.24) is 8.96 Å². The summed E-state index contributed by atoms with van der Waals surface area (Å²) in [6, 6.07) is 7.09. The molecule has 2 N–H and O–H groups in total. The van der Waals surface area contributed by atoms with Gasteiger partial charge in [-0.15, -0.1) is 0 Å². The summed E-state index contributed by atoms with van der Waals surface area (Å²) in [5.41, 5.74) is -0.605. The van der Waals surface area contributed by atoms with Gasteiger partial charge in [0.2, 0.25) is 0 Å². The van der Waals surface area contributed by atoms with Crippen LogP contribution >= 0.6 is 15.9 Å². The predicted octanol–water partition coefficient (Wildman–Crippen LogP) is 2.34. The van der Waals surface area contributed by atoms with Gasteiger partial charge in [0.05, 0.1) is 4.90 Å². The highest BCUT2D eigenvalue weighted by Crippen LogP contribution is 2.28. The Kier molecular flexibility index (Phi) is 3.84. The molecule has 2 aromatic heterocycles. The van der Waals surface area contributed by atoms with E-state index in [1.54, 1.807) is 19.1 Å². The third kappa shape index (κ3) is 2.45. The Morgan fingerprint density at radius 2 is 1.88 bits per heavy atom. The quantitative estimate of drug-likeness (QED) is 0.688. The number of pyridine rings is 1. The largest absolute Gasteiger partial charge is 0.477 e. The number of halogens is 1. The Balaban J connectivity index is 2.46. The molecule has 24 heavy (non-hydrogen) atoms. The minimum Gasteiger partial charge on any atom is -0.477 e. The second-order valence-corrected chi connectivity index (χ2v) is 7.79. The molecule has 124 valence electrons. The highest BCUT2D eigenvalue weighted by atomic mass is 79.9. The molecule has 0 fully saturated rings. The van der Waals surface area contributed by atoms with Crippen molar-refractivity contribution in [2.24, 2.45) is 0 Å². The lowest BCUT2D eigenvalue weighted by molar-refractivity contribution is 0.0689. The minimum absolute atomic E-state index is 0.104. The van der Waals surface area contributed by atoms with Gasteiger partial charge in [-0.1, -0.05) is 17.7 Å². The van der Waals surface area contributed by atoms with E-state index in [4.69, 9.17) is 0 Å². The number of fused-ring (bicyclic) bond motifs is 1. The molecule has 0 unspecified atom stereocenters. The molecule has 3 rings (SSSR count). The first kappa shape index (κ1) is 16.5. The zero-order valence-electron chi connectivity index (χ0n) is 12.3. The van der Waals surface area contributed by atoms with Crippen LogP contribution in [0.2, 0.25) is 0 Å². The number of rotatable bonds is 3. The molecule has 9 heteroatoms. The van der Waals surface area contributed by atoms with Crippen LogP contribution in [0.25, 0.3) is 10.9 Å². The van der Waals surface area contributed by atoms with Gasteiger partial charge in [-0.3, -0.25) is 4.79 Å². The fourth-order valence-corrected chi connectivity index (χ4v) is 4.30. The van der Waals surface area contributed by atoms with Crippen LogP contribution in [0.15, 0.2) is 50.7 Å². The predicted molar refractivity (Wildman–Crippen MR) is 91.0 cm³/mol. The molecule has 0 aliphatic rings. The van der Waals surface area contributed by atoms with E-state index in [9.17, 15) is 23.1 Å². The van der Waals surface area contributed by atoms with Gasteiger partial charge in [0.15, 0.2) is 0 Å². The summed E-state index contributed by atoms with van der Waals surface area (Å²) in [6.07, 6.45) is 1.33. The Hall–Kier alpha value is -2.39. The van der Waals surface area contributed by atoms with Crippen LogP contribution in [0.3, 0.4) is 0 Å². The summed E-state index contributed by atoms with van der Waals surface area (Å²) >= 11 is 3.19. The second-order valence-electron chi connectivity index (χ2n) is 5.15. The Morgan fingerprint density at radius 1 is 1.25 bits per heavy atom. The molecule has 0 radical (unpaired) electrons. The molecule has 0 amide bonds. The summed E-state index contributed by atoms with van der Waals surface area (Å²) in [5.74, 6) is -1.45. The molecule has 1 aromatic carbocycles. The first-order valence-electron chi connectivity index (χ1n) is 6.71. The second kappa shape index (κ2) is 5.60. The monoisotopic (exact) mass is 410 g/mol. The summed E-state index contributed by atoms with van der Waals surface area (Å²) in [6.45, 7) is 1.80. The van der Waals surface area contributed by atoms with Gasteiger partial charge in [0, 0.05) is 16.1 Å². The number of H-pyrrole nitrogens is 1. The Morgan fingerprint density at radius 3 is 2.46 bits per heavy atom. The maximum atomic E-state index is 12.9. The van der Waals surface area contributed by atoms with Crippen LogP contribution in [0, 0.1) is 6.92 Å². The molecule has 0 atom stereocenters. The zero-order chi connectivity index (χ0) is 17.6. The SMILES string of the molecule is Cc1ccc(S(=O)(=O)n2c(C(=O)O)cc3c(Br)c[nH]c(=O)c32)cc1. The number of carboxylic acid groups (broad SMARTS) is 1. The number of aromatic nitrogens is 2. The van der Waals surface area contributed by atoms with Crippen molar-refractivity contribution in [3.63, 3.8) is 0 Å². The van der Waals surface area contributed by atoms with Gasteiger partial charge >= 0.3 is 5.97 Å². The number of carboxylic acids is 1. The zero-order valence-corrected chi connectivity index (χ0v) is 14.7. The van der Waals surface area contributed by atoms with E-state index in [0.29, 0.717) is 8.45 Å². The Bertz CT molecular complexity index is 1130. The molecule has 0 spiro atoms. The summed E-state index contributed by atoms with van der Waals surface area (Å²) in [4.78, 5) is 26.0. The fourth-order valence-electron chi connectivity index (χ4n) is 2.38. The lowest BCUT2D eigenvalue weighted by Gasteiger charge is -2.10. The third-order valence-corrected chi connectivity index (χ3v) is 5.92. The summed E-state index contributed by atoms with van der Waals surface area (Å²) in [5, 5.41) is 9.59. The normalized spacial score (nSPS) is 11.8. The van der Waals surface area contributed by atoms with Crippen LogP contribution in [-0.2, 0) is 10.0 Å². The maximum absolute atomic E-state index is 12.9. The number of aromatic carboxylic acids is 1. The van der Waals surface area contributed by atoms with Gasteiger partial charge in [-0.25, -0.2) is 17.2 Å². The summed E-state index contributed by atoms with van der Waals surface area (Å²) < 4.78 is 26.8. The average Bonchev–Trinajstić information content (AvgIpc) is 2.94. The number of carbonyl (C=O) groups is 1. The molecule has 0 aliphatic carbocycles. The lowest BCUT2D eigenvalue weighted by atomic mass is 10.2. The van der Waals surface area contributed by atoms with Crippen molar-refractivity contribution in [3.8, 4) is 0 Å². The van der Waals surface area contributed by atoms with Crippen LogP contribution in [0.4, 0.5) is 0 Å². The molecule has 0 saturated heterocycles. The van der Waals surface area contributed by atoms with Crippen LogP contribution in [0.1, 0.15) is 16.1 Å². The molecular weight excluding hydrogens is 400 g/mol. The molecular formula is C15H11BrN2O5S. The average molecular weight is 411 g/mol. The number of aromatic amines is 1. The molecule has 0 aliphatic heterocycles. The Labute approximate surface area is 144 Å². The van der Waals surface area contributed by atoms with E-state index in [2.05, 4.69) is 20.9 Å². The van der Waals surface area contributed by atoms with E-state index in [1.165, 1.54) is 18.3 Å².